The van der Waals surface area contributed by atoms with E-state index in [-0.39, 0.29) is 0 Å². The Balaban J connectivity index is 1.44. The van der Waals surface area contributed by atoms with Gasteiger partial charge in [-0.3, -0.25) is 4.98 Å². The number of hydrogen-bond acceptors (Lipinski definition) is 1. The van der Waals surface area contributed by atoms with Crippen LogP contribution in [0.2, 0.25) is 0 Å². The Hall–Kier alpha value is -4.95. The number of hydrogen-bond donors (Lipinski definition) is 0. The first-order valence-corrected chi connectivity index (χ1v) is 13.1. The van der Waals surface area contributed by atoms with Crippen molar-refractivity contribution in [2.45, 2.75) is 6.92 Å². The van der Waals surface area contributed by atoms with Crippen molar-refractivity contribution in [3.63, 3.8) is 0 Å². The van der Waals surface area contributed by atoms with Crippen LogP contribution in [0.3, 0.4) is 0 Å². The molecule has 0 saturated heterocycles. The molecule has 3 heterocycles. The lowest BCUT2D eigenvalue weighted by Gasteiger charge is -2.11. The lowest BCUT2D eigenvalue weighted by molar-refractivity contribution is 1.33. The highest BCUT2D eigenvalue weighted by Gasteiger charge is 2.19. The van der Waals surface area contributed by atoms with E-state index in [2.05, 4.69) is 132 Å². The SMILES string of the molecule is Cc1ccc(-c2ccccc2-c2ccc3c(c2)c2cc(-c4ccccn4)cc4c5ccccc5n3c42)cc1. The molecule has 3 aromatic heterocycles. The van der Waals surface area contributed by atoms with Gasteiger partial charge in [0, 0.05) is 33.3 Å². The minimum Gasteiger partial charge on any atom is -0.308 e. The summed E-state index contributed by atoms with van der Waals surface area (Å²) < 4.78 is 2.44. The number of fused-ring (bicyclic) bond motifs is 6. The maximum Gasteiger partial charge on any atom is 0.0702 e. The number of aromatic nitrogens is 2. The third-order valence-electron chi connectivity index (χ3n) is 7.86. The van der Waals surface area contributed by atoms with Crippen LogP contribution in [0.1, 0.15) is 5.56 Å². The van der Waals surface area contributed by atoms with E-state index in [4.69, 9.17) is 0 Å². The monoisotopic (exact) mass is 484 g/mol. The van der Waals surface area contributed by atoms with E-state index in [1.54, 1.807) is 0 Å². The van der Waals surface area contributed by atoms with Gasteiger partial charge < -0.3 is 4.40 Å². The summed E-state index contributed by atoms with van der Waals surface area (Å²) in [6, 6.07) is 44.0. The molecule has 178 valence electrons. The average molecular weight is 485 g/mol. The summed E-state index contributed by atoms with van der Waals surface area (Å²) in [7, 11) is 0. The second-order valence-electron chi connectivity index (χ2n) is 10.1. The molecule has 8 aromatic rings. The third-order valence-corrected chi connectivity index (χ3v) is 7.86. The zero-order valence-corrected chi connectivity index (χ0v) is 21.0. The minimum absolute atomic E-state index is 0.997. The van der Waals surface area contributed by atoms with Crippen molar-refractivity contribution in [1.82, 2.24) is 9.38 Å². The summed E-state index contributed by atoms with van der Waals surface area (Å²) in [6.45, 7) is 2.13. The van der Waals surface area contributed by atoms with Gasteiger partial charge in [0.2, 0.25) is 0 Å². The first kappa shape index (κ1) is 21.2. The Morgan fingerprint density at radius 1 is 0.500 bits per heavy atom. The summed E-state index contributed by atoms with van der Waals surface area (Å²) in [5.74, 6) is 0. The number of rotatable bonds is 3. The van der Waals surface area contributed by atoms with E-state index in [9.17, 15) is 0 Å². The van der Waals surface area contributed by atoms with E-state index in [0.29, 0.717) is 0 Å². The predicted octanol–water partition coefficient (Wildman–Crippen LogP) is 9.54. The Kier molecular flexibility index (Phi) is 4.47. The minimum atomic E-state index is 0.997. The molecule has 2 heteroatoms. The molecule has 0 aliphatic heterocycles. The molecule has 0 atom stereocenters. The first-order chi connectivity index (χ1) is 18.8. The van der Waals surface area contributed by atoms with Crippen molar-refractivity contribution in [3.05, 3.63) is 133 Å². The van der Waals surface area contributed by atoms with Crippen LogP contribution < -0.4 is 0 Å². The molecule has 0 fully saturated rings. The van der Waals surface area contributed by atoms with E-state index in [1.807, 2.05) is 12.3 Å². The molecule has 38 heavy (non-hydrogen) atoms. The number of aryl methyl sites for hydroxylation is 1. The van der Waals surface area contributed by atoms with Crippen LogP contribution in [0.25, 0.3) is 71.6 Å². The molecular formula is C36H24N2. The van der Waals surface area contributed by atoms with Crippen molar-refractivity contribution in [2.24, 2.45) is 0 Å². The normalized spacial score (nSPS) is 11.8. The maximum atomic E-state index is 4.68. The fourth-order valence-corrected chi connectivity index (χ4v) is 6.07. The van der Waals surface area contributed by atoms with Crippen molar-refractivity contribution >= 4 is 38.1 Å². The fourth-order valence-electron chi connectivity index (χ4n) is 6.07. The van der Waals surface area contributed by atoms with Crippen LogP contribution in [0, 0.1) is 6.92 Å². The van der Waals surface area contributed by atoms with Crippen LogP contribution in [-0.2, 0) is 0 Å². The second kappa shape index (κ2) is 8.03. The summed E-state index contributed by atoms with van der Waals surface area (Å²) >= 11 is 0. The molecule has 0 aliphatic rings. The average Bonchev–Trinajstić information content (AvgIpc) is 3.49. The van der Waals surface area contributed by atoms with Crippen LogP contribution in [0.5, 0.6) is 0 Å². The summed E-state index contributed by atoms with van der Waals surface area (Å²) in [5.41, 5.74) is 12.1. The van der Waals surface area contributed by atoms with Crippen LogP contribution in [0.4, 0.5) is 0 Å². The molecule has 0 amide bonds. The zero-order chi connectivity index (χ0) is 25.2. The smallest absolute Gasteiger partial charge is 0.0702 e. The highest BCUT2D eigenvalue weighted by Crippen LogP contribution is 2.43. The van der Waals surface area contributed by atoms with Gasteiger partial charge in [-0.25, -0.2) is 0 Å². The molecule has 0 aliphatic carbocycles. The molecule has 0 N–H and O–H groups in total. The molecule has 5 aromatic carbocycles. The van der Waals surface area contributed by atoms with Crippen LogP contribution >= 0.6 is 0 Å². The molecule has 0 bridgehead atoms. The number of para-hydroxylation sites is 1. The third kappa shape index (κ3) is 3.04. The summed E-state index contributed by atoms with van der Waals surface area (Å²) in [4.78, 5) is 4.68. The van der Waals surface area contributed by atoms with Crippen molar-refractivity contribution in [2.75, 3.05) is 0 Å². The van der Waals surface area contributed by atoms with Gasteiger partial charge in [0.05, 0.1) is 22.2 Å². The fraction of sp³-hybridized carbons (Fsp3) is 0.0278. The van der Waals surface area contributed by atoms with Crippen molar-refractivity contribution in [1.29, 1.82) is 0 Å². The Morgan fingerprint density at radius 3 is 1.92 bits per heavy atom. The molecule has 0 radical (unpaired) electrons. The standard InChI is InChI=1S/C36H24N2/c1-23-13-15-24(16-14-23)27-8-2-3-9-28(27)25-17-18-35-30(20-25)32-22-26(33-11-6-7-19-37-33)21-31-29-10-4-5-12-34(29)38(35)36(31)32/h2-22H,1H3. The molecular weight excluding hydrogens is 460 g/mol. The van der Waals surface area contributed by atoms with Gasteiger partial charge in [0.1, 0.15) is 0 Å². The molecule has 0 saturated carbocycles. The highest BCUT2D eigenvalue weighted by molar-refractivity contribution is 6.24. The largest absolute Gasteiger partial charge is 0.308 e. The van der Waals surface area contributed by atoms with Gasteiger partial charge in [-0.2, -0.15) is 0 Å². The molecule has 8 rings (SSSR count). The predicted molar refractivity (Wildman–Crippen MR) is 160 cm³/mol. The highest BCUT2D eigenvalue weighted by atomic mass is 14.9. The topological polar surface area (TPSA) is 17.3 Å². The second-order valence-corrected chi connectivity index (χ2v) is 10.1. The molecule has 0 unspecified atom stereocenters. The van der Waals surface area contributed by atoms with Gasteiger partial charge in [0.25, 0.3) is 0 Å². The Bertz CT molecular complexity index is 2120. The number of pyridine rings is 1. The lowest BCUT2D eigenvalue weighted by atomic mass is 9.93. The molecule has 0 spiro atoms. The number of nitrogens with zero attached hydrogens (tertiary/aromatic N) is 2. The van der Waals surface area contributed by atoms with E-state index < -0.39 is 0 Å². The van der Waals surface area contributed by atoms with Gasteiger partial charge >= 0.3 is 0 Å². The van der Waals surface area contributed by atoms with E-state index in [0.717, 1.165) is 11.3 Å². The Labute approximate surface area is 220 Å². The summed E-state index contributed by atoms with van der Waals surface area (Å²) in [5, 5.41) is 5.09. The first-order valence-electron chi connectivity index (χ1n) is 13.1. The van der Waals surface area contributed by atoms with Gasteiger partial charge in [-0.15, -0.1) is 0 Å². The van der Waals surface area contributed by atoms with Gasteiger partial charge in [0.15, 0.2) is 0 Å². The van der Waals surface area contributed by atoms with Crippen LogP contribution in [0.15, 0.2) is 128 Å². The van der Waals surface area contributed by atoms with Crippen molar-refractivity contribution < 1.29 is 0 Å². The maximum absolute atomic E-state index is 4.68. The zero-order valence-electron chi connectivity index (χ0n) is 21.0. The molecule has 2 nitrogen and oxygen atoms in total. The van der Waals surface area contributed by atoms with E-state index in [1.165, 1.54) is 65.9 Å². The van der Waals surface area contributed by atoms with Crippen molar-refractivity contribution in [3.8, 4) is 33.5 Å². The van der Waals surface area contributed by atoms with E-state index >= 15 is 0 Å². The van der Waals surface area contributed by atoms with Gasteiger partial charge in [-0.1, -0.05) is 84.4 Å². The van der Waals surface area contributed by atoms with Crippen LogP contribution in [-0.4, -0.2) is 9.38 Å². The number of benzene rings is 5. The lowest BCUT2D eigenvalue weighted by Crippen LogP contribution is -1.86. The quantitative estimate of drug-likeness (QED) is 0.244. The Morgan fingerprint density at radius 2 is 1.13 bits per heavy atom. The van der Waals surface area contributed by atoms with Gasteiger partial charge in [-0.05, 0) is 71.6 Å². The summed E-state index contributed by atoms with van der Waals surface area (Å²) in [6.07, 6.45) is 1.87.